The van der Waals surface area contributed by atoms with E-state index in [2.05, 4.69) is 29.0 Å². The van der Waals surface area contributed by atoms with Gasteiger partial charge in [-0.05, 0) is 22.8 Å². The van der Waals surface area contributed by atoms with Gasteiger partial charge >= 0.3 is 6.16 Å². The minimum atomic E-state index is -0.672. The van der Waals surface area contributed by atoms with Crippen LogP contribution in [0.1, 0.15) is 5.56 Å². The van der Waals surface area contributed by atoms with Gasteiger partial charge in [-0.15, -0.1) is 0 Å². The van der Waals surface area contributed by atoms with Crippen molar-refractivity contribution in [3.05, 3.63) is 66.2 Å². The molecule has 102 valence electrons. The highest BCUT2D eigenvalue weighted by atomic mass is 16.7. The molecule has 0 amide bonds. The van der Waals surface area contributed by atoms with E-state index in [-0.39, 0.29) is 6.61 Å². The lowest BCUT2D eigenvalue weighted by Crippen LogP contribution is -2.03. The Morgan fingerprint density at radius 3 is 2.30 bits per heavy atom. The Kier molecular flexibility index (Phi) is 4.95. The summed E-state index contributed by atoms with van der Waals surface area (Å²) in [6.45, 7) is 0.201. The Morgan fingerprint density at radius 2 is 1.65 bits per heavy atom. The van der Waals surface area contributed by atoms with E-state index in [9.17, 15) is 4.79 Å². The maximum Gasteiger partial charge on any atom is 0.508 e. The van der Waals surface area contributed by atoms with Crippen molar-refractivity contribution in [3.63, 3.8) is 0 Å². The molecule has 0 aliphatic rings. The average molecular weight is 268 g/mol. The maximum atomic E-state index is 10.7. The Hall–Kier alpha value is -2.55. The molecule has 0 saturated heterocycles. The van der Waals surface area contributed by atoms with Gasteiger partial charge in [0, 0.05) is 0 Å². The van der Waals surface area contributed by atoms with Gasteiger partial charge in [-0.1, -0.05) is 60.7 Å². The summed E-state index contributed by atoms with van der Waals surface area (Å²) >= 11 is 0. The summed E-state index contributed by atoms with van der Waals surface area (Å²) < 4.78 is 9.13. The number of benzene rings is 2. The Morgan fingerprint density at radius 1 is 1.00 bits per heavy atom. The maximum absolute atomic E-state index is 10.7. The summed E-state index contributed by atoms with van der Waals surface area (Å²) in [5, 5.41) is 0. The lowest BCUT2D eigenvalue weighted by molar-refractivity contribution is 0.0819. The van der Waals surface area contributed by atoms with Crippen molar-refractivity contribution in [3.8, 4) is 11.1 Å². The predicted molar refractivity (Wildman–Crippen MR) is 79.3 cm³/mol. The van der Waals surface area contributed by atoms with Gasteiger partial charge in [0.2, 0.25) is 0 Å². The molecule has 2 rings (SSSR count). The molecule has 0 bridgehead atoms. The molecule has 0 unspecified atom stereocenters. The third-order valence-corrected chi connectivity index (χ3v) is 2.79. The van der Waals surface area contributed by atoms with Crippen molar-refractivity contribution in [2.24, 2.45) is 0 Å². The van der Waals surface area contributed by atoms with Gasteiger partial charge in [-0.2, -0.15) is 0 Å². The number of ether oxygens (including phenoxy) is 2. The zero-order chi connectivity index (χ0) is 14.2. The van der Waals surface area contributed by atoms with Crippen LogP contribution in [-0.4, -0.2) is 19.9 Å². The van der Waals surface area contributed by atoms with Gasteiger partial charge in [0.05, 0.1) is 7.11 Å². The van der Waals surface area contributed by atoms with Crippen LogP contribution in [0.5, 0.6) is 0 Å². The van der Waals surface area contributed by atoms with E-state index >= 15 is 0 Å². The molecule has 3 nitrogen and oxygen atoms in total. The Labute approximate surface area is 118 Å². The van der Waals surface area contributed by atoms with Crippen LogP contribution in [0.2, 0.25) is 0 Å². The van der Waals surface area contributed by atoms with E-state index in [1.807, 2.05) is 36.4 Å². The first kappa shape index (κ1) is 13.9. The molecule has 0 aromatic heterocycles. The summed E-state index contributed by atoms with van der Waals surface area (Å²) in [5.41, 5.74) is 3.42. The fraction of sp³-hybridized carbons (Fsp3) is 0.118. The molecular formula is C17H16O3. The Balaban J connectivity index is 1.95. The average Bonchev–Trinajstić information content (AvgIpc) is 2.52. The molecule has 0 atom stereocenters. The molecule has 0 saturated carbocycles. The molecule has 20 heavy (non-hydrogen) atoms. The number of hydrogen-bond donors (Lipinski definition) is 0. The van der Waals surface area contributed by atoms with Crippen LogP contribution in [0, 0.1) is 0 Å². The minimum Gasteiger partial charge on any atom is -0.438 e. The highest BCUT2D eigenvalue weighted by Gasteiger charge is 1.97. The van der Waals surface area contributed by atoms with Crippen molar-refractivity contribution >= 4 is 12.2 Å². The fourth-order valence-electron chi connectivity index (χ4n) is 1.78. The number of methoxy groups -OCH3 is 1. The molecule has 0 radical (unpaired) electrons. The highest BCUT2D eigenvalue weighted by molar-refractivity contribution is 5.65. The molecule has 0 fully saturated rings. The summed E-state index contributed by atoms with van der Waals surface area (Å²) in [6, 6.07) is 18.4. The normalized spacial score (nSPS) is 10.4. The van der Waals surface area contributed by atoms with Crippen LogP contribution in [0.15, 0.2) is 60.7 Å². The lowest BCUT2D eigenvalue weighted by atomic mass is 10.0. The summed E-state index contributed by atoms with van der Waals surface area (Å²) in [7, 11) is 1.29. The van der Waals surface area contributed by atoms with Crippen LogP contribution in [0.3, 0.4) is 0 Å². The third-order valence-electron chi connectivity index (χ3n) is 2.79. The second-order valence-electron chi connectivity index (χ2n) is 4.16. The van der Waals surface area contributed by atoms with Crippen LogP contribution >= 0.6 is 0 Å². The molecule has 0 N–H and O–H groups in total. The van der Waals surface area contributed by atoms with Crippen LogP contribution in [0.4, 0.5) is 4.79 Å². The topological polar surface area (TPSA) is 35.5 Å². The SMILES string of the molecule is COC(=O)OC/C=C/c1ccc(-c2ccccc2)cc1. The standard InChI is InChI=1S/C17H16O3/c1-19-17(18)20-13-5-6-14-9-11-16(12-10-14)15-7-3-2-4-8-15/h2-12H,13H2,1H3/b6-5+. The van der Waals surface area contributed by atoms with E-state index in [4.69, 9.17) is 4.74 Å². The van der Waals surface area contributed by atoms with Gasteiger partial charge in [0.1, 0.15) is 6.61 Å². The zero-order valence-electron chi connectivity index (χ0n) is 11.3. The van der Waals surface area contributed by atoms with Gasteiger partial charge in [0.15, 0.2) is 0 Å². The van der Waals surface area contributed by atoms with Gasteiger partial charge in [-0.25, -0.2) is 4.79 Å². The van der Waals surface area contributed by atoms with Crippen molar-refractivity contribution in [1.82, 2.24) is 0 Å². The monoisotopic (exact) mass is 268 g/mol. The smallest absolute Gasteiger partial charge is 0.438 e. The fourth-order valence-corrected chi connectivity index (χ4v) is 1.78. The van der Waals surface area contributed by atoms with Gasteiger partial charge < -0.3 is 9.47 Å². The number of rotatable bonds is 4. The first-order chi connectivity index (χ1) is 9.79. The molecule has 0 heterocycles. The second-order valence-corrected chi connectivity index (χ2v) is 4.16. The molecule has 0 aliphatic heterocycles. The van der Waals surface area contributed by atoms with Crippen LogP contribution in [-0.2, 0) is 9.47 Å². The van der Waals surface area contributed by atoms with E-state index in [0.29, 0.717) is 0 Å². The molecule has 0 aliphatic carbocycles. The van der Waals surface area contributed by atoms with Crippen molar-refractivity contribution < 1.29 is 14.3 Å². The van der Waals surface area contributed by atoms with E-state index in [1.165, 1.54) is 18.2 Å². The zero-order valence-corrected chi connectivity index (χ0v) is 11.3. The summed E-state index contributed by atoms with van der Waals surface area (Å²) in [6.07, 6.45) is 3.00. The largest absolute Gasteiger partial charge is 0.508 e. The first-order valence-corrected chi connectivity index (χ1v) is 6.32. The summed E-state index contributed by atoms with van der Waals surface area (Å²) in [4.78, 5) is 10.7. The second kappa shape index (κ2) is 7.14. The van der Waals surface area contributed by atoms with Crippen molar-refractivity contribution in [2.45, 2.75) is 0 Å². The van der Waals surface area contributed by atoms with Crippen molar-refractivity contribution in [2.75, 3.05) is 13.7 Å². The van der Waals surface area contributed by atoms with Gasteiger partial charge in [-0.3, -0.25) is 0 Å². The van der Waals surface area contributed by atoms with E-state index in [0.717, 1.165) is 5.56 Å². The van der Waals surface area contributed by atoms with Crippen molar-refractivity contribution in [1.29, 1.82) is 0 Å². The van der Waals surface area contributed by atoms with Crippen LogP contribution < -0.4 is 0 Å². The Bertz CT molecular complexity index is 571. The molecular weight excluding hydrogens is 252 g/mol. The predicted octanol–water partition coefficient (Wildman–Crippen LogP) is 4.15. The quantitative estimate of drug-likeness (QED) is 0.781. The molecule has 2 aromatic rings. The third kappa shape index (κ3) is 3.99. The van der Waals surface area contributed by atoms with E-state index in [1.54, 1.807) is 6.08 Å². The van der Waals surface area contributed by atoms with Gasteiger partial charge in [0.25, 0.3) is 0 Å². The molecule has 0 spiro atoms. The summed E-state index contributed by atoms with van der Waals surface area (Å²) in [5.74, 6) is 0. The lowest BCUT2D eigenvalue weighted by Gasteiger charge is -2.02. The minimum absolute atomic E-state index is 0.201. The molecule has 2 aromatic carbocycles. The number of hydrogen-bond acceptors (Lipinski definition) is 3. The van der Waals surface area contributed by atoms with Crippen LogP contribution in [0.25, 0.3) is 17.2 Å². The number of carbonyl (C=O) groups is 1. The highest BCUT2D eigenvalue weighted by Crippen LogP contribution is 2.19. The molecule has 3 heteroatoms. The van der Waals surface area contributed by atoms with E-state index < -0.39 is 6.16 Å². The number of carbonyl (C=O) groups excluding carboxylic acids is 1. The first-order valence-electron chi connectivity index (χ1n) is 6.32.